The second-order valence-corrected chi connectivity index (χ2v) is 6.73. The van der Waals surface area contributed by atoms with Crippen molar-refractivity contribution in [3.63, 3.8) is 0 Å². The van der Waals surface area contributed by atoms with Gasteiger partial charge in [-0.1, -0.05) is 18.6 Å². The summed E-state index contributed by atoms with van der Waals surface area (Å²) in [5.74, 6) is 0.621. The molecule has 6 heteroatoms. The highest BCUT2D eigenvalue weighted by molar-refractivity contribution is 14.0. The maximum absolute atomic E-state index is 13.6. The van der Waals surface area contributed by atoms with E-state index < -0.39 is 0 Å². The number of benzene rings is 1. The highest BCUT2D eigenvalue weighted by Crippen LogP contribution is 2.43. The molecule has 1 saturated carbocycles. The van der Waals surface area contributed by atoms with E-state index in [9.17, 15) is 4.39 Å². The van der Waals surface area contributed by atoms with Gasteiger partial charge in [-0.3, -0.25) is 0 Å². The van der Waals surface area contributed by atoms with Gasteiger partial charge in [0.15, 0.2) is 5.96 Å². The number of hydrogen-bond donors (Lipinski definition) is 2. The smallest absolute Gasteiger partial charge is 0.191 e. The molecule has 2 N–H and O–H groups in total. The summed E-state index contributed by atoms with van der Waals surface area (Å²) in [5, 5.41) is 6.73. The number of aryl methyl sites for hydroxylation is 1. The molecule has 1 aliphatic carbocycles. The fourth-order valence-electron chi connectivity index (χ4n) is 3.03. The number of methoxy groups -OCH3 is 1. The third-order valence-electron chi connectivity index (χ3n) is 4.88. The minimum absolute atomic E-state index is 0. The van der Waals surface area contributed by atoms with Crippen molar-refractivity contribution in [3.05, 3.63) is 35.1 Å². The van der Waals surface area contributed by atoms with Crippen LogP contribution in [0.3, 0.4) is 0 Å². The summed E-state index contributed by atoms with van der Waals surface area (Å²) in [6.45, 7) is 6.80. The van der Waals surface area contributed by atoms with Crippen molar-refractivity contribution in [2.75, 3.05) is 26.8 Å². The first-order valence-electron chi connectivity index (χ1n) is 8.85. The van der Waals surface area contributed by atoms with Crippen molar-refractivity contribution >= 4 is 29.9 Å². The molecule has 0 atom stereocenters. The highest BCUT2D eigenvalue weighted by Gasteiger charge is 2.36. The molecule has 0 unspecified atom stereocenters. The van der Waals surface area contributed by atoms with Crippen molar-refractivity contribution in [2.24, 2.45) is 10.4 Å². The Morgan fingerprint density at radius 1 is 1.32 bits per heavy atom. The van der Waals surface area contributed by atoms with Crippen LogP contribution in [0, 0.1) is 18.2 Å². The van der Waals surface area contributed by atoms with E-state index in [1.807, 2.05) is 13.0 Å². The molecule has 0 heterocycles. The van der Waals surface area contributed by atoms with Gasteiger partial charge >= 0.3 is 0 Å². The van der Waals surface area contributed by atoms with E-state index in [4.69, 9.17) is 4.74 Å². The molecular formula is C19H31FIN3O. The molecule has 0 bridgehead atoms. The Kier molecular flexibility index (Phi) is 9.71. The van der Waals surface area contributed by atoms with Crippen LogP contribution in [-0.4, -0.2) is 32.8 Å². The molecule has 0 radical (unpaired) electrons. The number of guanidine groups is 1. The summed E-state index contributed by atoms with van der Waals surface area (Å²) in [6, 6.07) is 5.29. The molecule has 25 heavy (non-hydrogen) atoms. The van der Waals surface area contributed by atoms with E-state index >= 15 is 0 Å². The largest absolute Gasteiger partial charge is 0.385 e. The van der Waals surface area contributed by atoms with Crippen LogP contribution in [0.5, 0.6) is 0 Å². The Labute approximate surface area is 168 Å². The summed E-state index contributed by atoms with van der Waals surface area (Å²) in [4.78, 5) is 4.59. The quantitative estimate of drug-likeness (QED) is 0.348. The van der Waals surface area contributed by atoms with E-state index in [1.165, 1.54) is 19.3 Å². The molecule has 1 aromatic carbocycles. The lowest BCUT2D eigenvalue weighted by Gasteiger charge is -2.42. The Balaban J connectivity index is 0.00000312. The zero-order valence-corrected chi connectivity index (χ0v) is 17.9. The molecule has 1 fully saturated rings. The van der Waals surface area contributed by atoms with Gasteiger partial charge < -0.3 is 15.4 Å². The first-order chi connectivity index (χ1) is 11.6. The molecule has 0 amide bonds. The van der Waals surface area contributed by atoms with Crippen LogP contribution < -0.4 is 10.6 Å². The Bertz CT molecular complexity index is 562. The first kappa shape index (κ1) is 22.2. The fourth-order valence-corrected chi connectivity index (χ4v) is 3.03. The molecule has 142 valence electrons. The molecule has 0 aromatic heterocycles. The first-order valence-corrected chi connectivity index (χ1v) is 8.85. The average Bonchev–Trinajstić information content (AvgIpc) is 2.54. The van der Waals surface area contributed by atoms with Crippen molar-refractivity contribution in [1.29, 1.82) is 0 Å². The molecule has 4 nitrogen and oxygen atoms in total. The lowest BCUT2D eigenvalue weighted by molar-refractivity contribution is 0.0732. The minimum Gasteiger partial charge on any atom is -0.385 e. The third kappa shape index (κ3) is 6.73. The van der Waals surface area contributed by atoms with Crippen LogP contribution in [0.15, 0.2) is 23.2 Å². The standard InChI is InChI=1S/C19H30FN3O.HI/c1-4-21-18(22-13-16-7-6-15(2)17(20)12-16)23-14-19(8-5-9-19)10-11-24-3;/h6-7,12H,4-5,8-11,13-14H2,1-3H3,(H2,21,22,23);1H. The molecule has 0 saturated heterocycles. The molecule has 1 aromatic rings. The van der Waals surface area contributed by atoms with E-state index in [-0.39, 0.29) is 29.8 Å². The van der Waals surface area contributed by atoms with Gasteiger partial charge in [0.05, 0.1) is 6.54 Å². The number of ether oxygens (including phenoxy) is 1. The average molecular weight is 463 g/mol. The van der Waals surface area contributed by atoms with Gasteiger partial charge in [0.1, 0.15) is 5.82 Å². The summed E-state index contributed by atoms with van der Waals surface area (Å²) in [7, 11) is 1.76. The van der Waals surface area contributed by atoms with Crippen LogP contribution in [0.4, 0.5) is 4.39 Å². The summed E-state index contributed by atoms with van der Waals surface area (Å²) >= 11 is 0. The van der Waals surface area contributed by atoms with Crippen molar-refractivity contribution in [2.45, 2.75) is 46.1 Å². The topological polar surface area (TPSA) is 45.7 Å². The van der Waals surface area contributed by atoms with Gasteiger partial charge in [-0.25, -0.2) is 9.38 Å². The van der Waals surface area contributed by atoms with Gasteiger partial charge in [-0.2, -0.15) is 0 Å². The second kappa shape index (κ2) is 11.0. The SMILES string of the molecule is CCNC(=NCc1ccc(C)c(F)c1)NCC1(CCOC)CCC1.I. The Morgan fingerprint density at radius 3 is 2.64 bits per heavy atom. The predicted molar refractivity (Wildman–Crippen MR) is 112 cm³/mol. The summed E-state index contributed by atoms with van der Waals surface area (Å²) in [6.07, 6.45) is 4.86. The lowest BCUT2D eigenvalue weighted by atomic mass is 9.67. The Hall–Kier alpha value is -0.890. The van der Waals surface area contributed by atoms with Gasteiger partial charge in [0, 0.05) is 26.8 Å². The molecule has 2 rings (SSSR count). The van der Waals surface area contributed by atoms with Crippen molar-refractivity contribution in [1.82, 2.24) is 10.6 Å². The highest BCUT2D eigenvalue weighted by atomic mass is 127. The number of nitrogens with zero attached hydrogens (tertiary/aromatic N) is 1. The van der Waals surface area contributed by atoms with E-state index in [1.54, 1.807) is 26.2 Å². The summed E-state index contributed by atoms with van der Waals surface area (Å²) < 4.78 is 18.9. The number of rotatable bonds is 8. The number of halogens is 2. The second-order valence-electron chi connectivity index (χ2n) is 6.73. The number of nitrogens with one attached hydrogen (secondary N) is 2. The van der Waals surface area contributed by atoms with Crippen LogP contribution in [-0.2, 0) is 11.3 Å². The lowest BCUT2D eigenvalue weighted by Crippen LogP contribution is -2.46. The monoisotopic (exact) mass is 463 g/mol. The Morgan fingerprint density at radius 2 is 2.08 bits per heavy atom. The van der Waals surface area contributed by atoms with E-state index in [2.05, 4.69) is 15.6 Å². The number of aliphatic imine (C=N–C) groups is 1. The van der Waals surface area contributed by atoms with Crippen LogP contribution in [0.1, 0.15) is 43.7 Å². The van der Waals surface area contributed by atoms with Gasteiger partial charge in [0.2, 0.25) is 0 Å². The minimum atomic E-state index is -0.173. The van der Waals surface area contributed by atoms with Gasteiger partial charge in [-0.15, -0.1) is 24.0 Å². The third-order valence-corrected chi connectivity index (χ3v) is 4.88. The molecular weight excluding hydrogens is 432 g/mol. The summed E-state index contributed by atoms with van der Waals surface area (Å²) in [5.41, 5.74) is 1.88. The zero-order chi connectivity index (χ0) is 17.4. The van der Waals surface area contributed by atoms with E-state index in [0.29, 0.717) is 17.5 Å². The van der Waals surface area contributed by atoms with Gasteiger partial charge in [0.25, 0.3) is 0 Å². The molecule has 0 aliphatic heterocycles. The van der Waals surface area contributed by atoms with Crippen LogP contribution in [0.2, 0.25) is 0 Å². The van der Waals surface area contributed by atoms with Crippen molar-refractivity contribution in [3.8, 4) is 0 Å². The molecule has 1 aliphatic rings. The normalized spacial score (nSPS) is 15.9. The van der Waals surface area contributed by atoms with E-state index in [0.717, 1.165) is 37.6 Å². The zero-order valence-electron chi connectivity index (χ0n) is 15.5. The van der Waals surface area contributed by atoms with Gasteiger partial charge in [-0.05, 0) is 55.7 Å². The van der Waals surface area contributed by atoms with Crippen LogP contribution >= 0.6 is 24.0 Å². The maximum Gasteiger partial charge on any atom is 0.191 e. The fraction of sp³-hybridized carbons (Fsp3) is 0.632. The van der Waals surface area contributed by atoms with Crippen molar-refractivity contribution < 1.29 is 9.13 Å². The number of hydrogen-bond acceptors (Lipinski definition) is 2. The molecule has 0 spiro atoms. The van der Waals surface area contributed by atoms with Crippen LogP contribution in [0.25, 0.3) is 0 Å². The maximum atomic E-state index is 13.6. The predicted octanol–water partition coefficient (Wildman–Crippen LogP) is 4.01.